The molecule has 8 heteroatoms. The number of urea groups is 1. The predicted molar refractivity (Wildman–Crippen MR) is 113 cm³/mol. The lowest BCUT2D eigenvalue weighted by Crippen LogP contribution is -2.41. The second-order valence-electron chi connectivity index (χ2n) is 8.20. The van der Waals surface area contributed by atoms with Crippen LogP contribution in [-0.4, -0.2) is 90.5 Å². The molecule has 0 saturated carbocycles. The lowest BCUT2D eigenvalue weighted by Gasteiger charge is -2.25. The van der Waals surface area contributed by atoms with Gasteiger partial charge in [0.15, 0.2) is 5.82 Å². The second kappa shape index (κ2) is 9.43. The van der Waals surface area contributed by atoms with E-state index in [-0.39, 0.29) is 11.9 Å². The third-order valence-corrected chi connectivity index (χ3v) is 6.13. The van der Waals surface area contributed by atoms with Gasteiger partial charge in [-0.1, -0.05) is 0 Å². The molecule has 4 rings (SSSR count). The number of amides is 3. The van der Waals surface area contributed by atoms with Crippen molar-refractivity contribution in [1.82, 2.24) is 19.7 Å². The Morgan fingerprint density at radius 3 is 2.38 bits per heavy atom. The Balaban J connectivity index is 1.31. The van der Waals surface area contributed by atoms with Gasteiger partial charge >= 0.3 is 6.03 Å². The molecule has 1 aromatic rings. The number of nitrogens with one attached hydrogen (secondary N) is 1. The van der Waals surface area contributed by atoms with Crippen LogP contribution >= 0.6 is 0 Å². The van der Waals surface area contributed by atoms with Crippen molar-refractivity contribution in [3.05, 3.63) is 18.3 Å². The van der Waals surface area contributed by atoms with Crippen molar-refractivity contribution in [2.45, 2.75) is 32.1 Å². The number of hydrogen-bond donors (Lipinski definition) is 1. The SMILES string of the molecule is O=C(CN1CCCN(C(=O)Nc2cccnc2N2CCCC2)CC1)N1CCCC1. The number of carbonyl (C=O) groups is 2. The molecule has 3 aliphatic heterocycles. The molecule has 0 aliphatic carbocycles. The molecule has 0 aromatic carbocycles. The van der Waals surface area contributed by atoms with E-state index in [1.165, 1.54) is 12.8 Å². The van der Waals surface area contributed by atoms with Crippen LogP contribution in [0, 0.1) is 0 Å². The summed E-state index contributed by atoms with van der Waals surface area (Å²) in [5, 5.41) is 3.07. The molecule has 0 atom stereocenters. The normalized spacial score (nSPS) is 20.8. The Bertz CT molecular complexity index is 715. The molecular weight excluding hydrogens is 368 g/mol. The molecule has 0 unspecified atom stereocenters. The highest BCUT2D eigenvalue weighted by molar-refractivity contribution is 5.92. The number of carbonyl (C=O) groups excluding carboxylic acids is 2. The smallest absolute Gasteiger partial charge is 0.321 e. The van der Waals surface area contributed by atoms with Gasteiger partial charge in [-0.25, -0.2) is 9.78 Å². The van der Waals surface area contributed by atoms with Gasteiger partial charge in [0, 0.05) is 58.6 Å². The van der Waals surface area contributed by atoms with Gasteiger partial charge in [0.25, 0.3) is 0 Å². The van der Waals surface area contributed by atoms with E-state index in [2.05, 4.69) is 20.1 Å². The van der Waals surface area contributed by atoms with E-state index < -0.39 is 0 Å². The highest BCUT2D eigenvalue weighted by Gasteiger charge is 2.25. The summed E-state index contributed by atoms with van der Waals surface area (Å²) >= 11 is 0. The van der Waals surface area contributed by atoms with Crippen LogP contribution < -0.4 is 10.2 Å². The zero-order chi connectivity index (χ0) is 20.1. The summed E-state index contributed by atoms with van der Waals surface area (Å²) in [6.07, 6.45) is 7.24. The number of nitrogens with zero attached hydrogens (tertiary/aromatic N) is 5. The fourth-order valence-electron chi connectivity index (χ4n) is 4.46. The summed E-state index contributed by atoms with van der Waals surface area (Å²) in [7, 11) is 0. The zero-order valence-electron chi connectivity index (χ0n) is 17.2. The molecule has 3 aliphatic rings. The molecule has 3 saturated heterocycles. The molecule has 3 amide bonds. The average Bonchev–Trinajstić information content (AvgIpc) is 3.41. The van der Waals surface area contributed by atoms with Crippen LogP contribution in [0.15, 0.2) is 18.3 Å². The molecule has 3 fully saturated rings. The quantitative estimate of drug-likeness (QED) is 0.835. The highest BCUT2D eigenvalue weighted by atomic mass is 16.2. The van der Waals surface area contributed by atoms with Gasteiger partial charge in [-0.2, -0.15) is 0 Å². The Morgan fingerprint density at radius 1 is 0.862 bits per heavy atom. The topological polar surface area (TPSA) is 72.0 Å². The largest absolute Gasteiger partial charge is 0.355 e. The summed E-state index contributed by atoms with van der Waals surface area (Å²) in [5.74, 6) is 1.09. The minimum Gasteiger partial charge on any atom is -0.355 e. The van der Waals surface area contributed by atoms with Gasteiger partial charge in [-0.05, 0) is 44.2 Å². The van der Waals surface area contributed by atoms with E-state index in [0.29, 0.717) is 19.6 Å². The first kappa shape index (κ1) is 19.9. The van der Waals surface area contributed by atoms with Crippen molar-refractivity contribution < 1.29 is 9.59 Å². The van der Waals surface area contributed by atoms with Crippen molar-refractivity contribution in [2.24, 2.45) is 0 Å². The van der Waals surface area contributed by atoms with Crippen molar-refractivity contribution in [1.29, 1.82) is 0 Å². The first-order valence-corrected chi connectivity index (χ1v) is 11.0. The molecule has 1 aromatic heterocycles. The summed E-state index contributed by atoms with van der Waals surface area (Å²) in [6, 6.07) is 3.71. The van der Waals surface area contributed by atoms with Crippen LogP contribution in [0.5, 0.6) is 0 Å². The standard InChI is InChI=1S/C21H32N6O2/c28-19(25-10-1-2-11-25)17-24-9-6-14-27(16-15-24)21(29)23-18-7-5-8-22-20(18)26-12-3-4-13-26/h5,7-8H,1-4,6,9-17H2,(H,23,29). The number of hydrogen-bond acceptors (Lipinski definition) is 5. The molecular formula is C21H32N6O2. The fourth-order valence-corrected chi connectivity index (χ4v) is 4.46. The predicted octanol–water partition coefficient (Wildman–Crippen LogP) is 1.84. The van der Waals surface area contributed by atoms with Crippen LogP contribution in [-0.2, 0) is 4.79 Å². The van der Waals surface area contributed by atoms with Crippen molar-refractivity contribution >= 4 is 23.4 Å². The second-order valence-corrected chi connectivity index (χ2v) is 8.20. The van der Waals surface area contributed by atoms with E-state index in [0.717, 1.165) is 70.0 Å². The molecule has 8 nitrogen and oxygen atoms in total. The molecule has 4 heterocycles. The van der Waals surface area contributed by atoms with E-state index >= 15 is 0 Å². The van der Waals surface area contributed by atoms with Crippen LogP contribution in [0.4, 0.5) is 16.3 Å². The molecule has 0 spiro atoms. The van der Waals surface area contributed by atoms with Gasteiger partial charge in [0.2, 0.25) is 5.91 Å². The monoisotopic (exact) mass is 400 g/mol. The Hall–Kier alpha value is -2.35. The first-order valence-electron chi connectivity index (χ1n) is 11.0. The van der Waals surface area contributed by atoms with E-state index in [9.17, 15) is 9.59 Å². The van der Waals surface area contributed by atoms with Gasteiger partial charge in [-0.15, -0.1) is 0 Å². The van der Waals surface area contributed by atoms with Gasteiger partial charge in [0.1, 0.15) is 0 Å². The Kier molecular flexibility index (Phi) is 6.49. The lowest BCUT2D eigenvalue weighted by molar-refractivity contribution is -0.131. The third kappa shape index (κ3) is 4.98. The highest BCUT2D eigenvalue weighted by Crippen LogP contribution is 2.26. The minimum absolute atomic E-state index is 0.0776. The van der Waals surface area contributed by atoms with Crippen LogP contribution in [0.3, 0.4) is 0 Å². The zero-order valence-corrected chi connectivity index (χ0v) is 17.2. The Morgan fingerprint density at radius 2 is 1.59 bits per heavy atom. The maximum atomic E-state index is 12.9. The maximum Gasteiger partial charge on any atom is 0.321 e. The molecule has 158 valence electrons. The Labute approximate surface area is 172 Å². The number of likely N-dealkylation sites (tertiary alicyclic amines) is 1. The van der Waals surface area contributed by atoms with Gasteiger partial charge in [-0.3, -0.25) is 9.69 Å². The van der Waals surface area contributed by atoms with E-state index in [4.69, 9.17) is 0 Å². The summed E-state index contributed by atoms with van der Waals surface area (Å²) < 4.78 is 0. The summed E-state index contributed by atoms with van der Waals surface area (Å²) in [6.45, 7) is 7.17. The summed E-state index contributed by atoms with van der Waals surface area (Å²) in [5.41, 5.74) is 0.782. The van der Waals surface area contributed by atoms with E-state index in [1.54, 1.807) is 6.20 Å². The first-order chi connectivity index (χ1) is 14.2. The van der Waals surface area contributed by atoms with Gasteiger partial charge < -0.3 is 20.0 Å². The number of rotatable bonds is 4. The average molecular weight is 401 g/mol. The van der Waals surface area contributed by atoms with Crippen LogP contribution in [0.25, 0.3) is 0 Å². The molecule has 0 bridgehead atoms. The molecule has 0 radical (unpaired) electrons. The molecule has 29 heavy (non-hydrogen) atoms. The van der Waals surface area contributed by atoms with Crippen molar-refractivity contribution in [2.75, 3.05) is 69.1 Å². The van der Waals surface area contributed by atoms with Crippen LogP contribution in [0.2, 0.25) is 0 Å². The fraction of sp³-hybridized carbons (Fsp3) is 0.667. The van der Waals surface area contributed by atoms with E-state index in [1.807, 2.05) is 21.9 Å². The third-order valence-electron chi connectivity index (χ3n) is 6.13. The molecule has 1 N–H and O–H groups in total. The van der Waals surface area contributed by atoms with Crippen LogP contribution in [0.1, 0.15) is 32.1 Å². The van der Waals surface area contributed by atoms with Gasteiger partial charge in [0.05, 0.1) is 12.2 Å². The number of aromatic nitrogens is 1. The number of anilines is 2. The van der Waals surface area contributed by atoms with Crippen molar-refractivity contribution in [3.8, 4) is 0 Å². The number of pyridine rings is 1. The minimum atomic E-state index is -0.0776. The van der Waals surface area contributed by atoms with Crippen molar-refractivity contribution in [3.63, 3.8) is 0 Å². The maximum absolute atomic E-state index is 12.9. The summed E-state index contributed by atoms with van der Waals surface area (Å²) in [4.78, 5) is 38.1. The lowest BCUT2D eigenvalue weighted by atomic mass is 10.3.